The molecule has 0 amide bonds. The van der Waals surface area contributed by atoms with E-state index in [-0.39, 0.29) is 11.8 Å². The summed E-state index contributed by atoms with van der Waals surface area (Å²) in [4.78, 5) is 13.2. The van der Waals surface area contributed by atoms with Gasteiger partial charge in [-0.25, -0.2) is 4.79 Å². The fourth-order valence-electron chi connectivity index (χ4n) is 5.46. The predicted octanol–water partition coefficient (Wildman–Crippen LogP) is 1.60. The van der Waals surface area contributed by atoms with Gasteiger partial charge in [-0.2, -0.15) is 0 Å². The quantitative estimate of drug-likeness (QED) is 0.455. The molecule has 30 heavy (non-hydrogen) atoms. The Hall–Kier alpha value is -1.25. The van der Waals surface area contributed by atoms with E-state index in [0.29, 0.717) is 17.4 Å². The van der Waals surface area contributed by atoms with Gasteiger partial charge in [0.1, 0.15) is 30.5 Å². The van der Waals surface area contributed by atoms with Gasteiger partial charge in [-0.1, -0.05) is 31.6 Å². The Kier molecular flexibility index (Phi) is 7.40. The van der Waals surface area contributed by atoms with Crippen LogP contribution in [-0.2, 0) is 19.0 Å². The number of aliphatic hydroxyl groups is 3. The summed E-state index contributed by atoms with van der Waals surface area (Å²) in [6, 6.07) is 0. The molecule has 1 saturated carbocycles. The number of carbonyl (C=O) groups is 1. The van der Waals surface area contributed by atoms with Crippen molar-refractivity contribution in [3.8, 4) is 0 Å². The normalized spacial score (nSPS) is 41.7. The maximum absolute atomic E-state index is 13.2. The number of esters is 1. The van der Waals surface area contributed by atoms with Gasteiger partial charge in [0.2, 0.25) is 0 Å². The van der Waals surface area contributed by atoms with Crippen LogP contribution < -0.4 is 0 Å². The summed E-state index contributed by atoms with van der Waals surface area (Å²) >= 11 is 0. The Balaban J connectivity index is 1.82. The van der Waals surface area contributed by atoms with Crippen LogP contribution in [0.2, 0.25) is 0 Å². The Morgan fingerprint density at radius 2 is 1.67 bits per heavy atom. The minimum Gasteiger partial charge on any atom is -0.453 e. The molecule has 9 unspecified atom stereocenters. The standard InChI is InChI=1S/C23H36O7/c1-11(2)13-8-9-15(14-7-6-12(3)10-16(13)14)23(27)30-22-18(25)17(24)20(28-4)19(26)21(22)29-5/h9-11,13-14,16-22,24-26H,6-8H2,1-5H3. The molecule has 3 aliphatic carbocycles. The van der Waals surface area contributed by atoms with E-state index in [1.807, 2.05) is 6.08 Å². The van der Waals surface area contributed by atoms with Gasteiger partial charge in [0.15, 0.2) is 6.10 Å². The zero-order chi connectivity index (χ0) is 22.2. The van der Waals surface area contributed by atoms with E-state index >= 15 is 0 Å². The highest BCUT2D eigenvalue weighted by molar-refractivity contribution is 5.89. The SMILES string of the molecule is COC1C(O)C(O)C(OC(=O)C2=CCC(C(C)C)C3C=C(C)CCC23)C(OC)C1O. The molecular formula is C23H36O7. The monoisotopic (exact) mass is 424 g/mol. The molecule has 9 atom stereocenters. The second kappa shape index (κ2) is 9.49. The maximum Gasteiger partial charge on any atom is 0.334 e. The second-order valence-corrected chi connectivity index (χ2v) is 9.28. The van der Waals surface area contributed by atoms with Crippen LogP contribution in [0.4, 0.5) is 0 Å². The lowest BCUT2D eigenvalue weighted by Crippen LogP contribution is -2.65. The molecule has 1 fully saturated rings. The number of hydrogen-bond donors (Lipinski definition) is 3. The van der Waals surface area contributed by atoms with Crippen LogP contribution in [0.5, 0.6) is 0 Å². The molecule has 7 nitrogen and oxygen atoms in total. The molecule has 170 valence electrons. The van der Waals surface area contributed by atoms with Crippen molar-refractivity contribution in [3.63, 3.8) is 0 Å². The van der Waals surface area contributed by atoms with Crippen LogP contribution >= 0.6 is 0 Å². The van der Waals surface area contributed by atoms with Crippen LogP contribution in [0.1, 0.15) is 40.0 Å². The summed E-state index contributed by atoms with van der Waals surface area (Å²) in [5.41, 5.74) is 1.98. The van der Waals surface area contributed by atoms with Crippen molar-refractivity contribution >= 4 is 5.97 Å². The predicted molar refractivity (Wildman–Crippen MR) is 110 cm³/mol. The average molecular weight is 425 g/mol. The smallest absolute Gasteiger partial charge is 0.334 e. The number of allylic oxidation sites excluding steroid dienone is 3. The lowest BCUT2D eigenvalue weighted by molar-refractivity contribution is -0.242. The number of aliphatic hydroxyl groups excluding tert-OH is 3. The fourth-order valence-corrected chi connectivity index (χ4v) is 5.46. The molecule has 7 heteroatoms. The largest absolute Gasteiger partial charge is 0.453 e. The molecule has 0 aromatic heterocycles. The van der Waals surface area contributed by atoms with E-state index in [1.54, 1.807) is 0 Å². The lowest BCUT2D eigenvalue weighted by atomic mass is 9.64. The summed E-state index contributed by atoms with van der Waals surface area (Å²) in [5, 5.41) is 31.4. The number of hydrogen-bond acceptors (Lipinski definition) is 7. The van der Waals surface area contributed by atoms with Crippen molar-refractivity contribution in [1.29, 1.82) is 0 Å². The number of fused-ring (bicyclic) bond motifs is 1. The third-order valence-corrected chi connectivity index (χ3v) is 7.19. The van der Waals surface area contributed by atoms with Crippen LogP contribution in [0.15, 0.2) is 23.3 Å². The number of rotatable bonds is 5. The van der Waals surface area contributed by atoms with Crippen molar-refractivity contribution < 1.29 is 34.3 Å². The van der Waals surface area contributed by atoms with Gasteiger partial charge in [-0.3, -0.25) is 0 Å². The molecule has 0 heterocycles. The van der Waals surface area contributed by atoms with E-state index in [9.17, 15) is 20.1 Å². The van der Waals surface area contributed by atoms with Crippen LogP contribution in [0, 0.1) is 23.7 Å². The van der Waals surface area contributed by atoms with Crippen molar-refractivity contribution in [3.05, 3.63) is 23.3 Å². The Labute approximate surface area is 178 Å². The zero-order valence-electron chi connectivity index (χ0n) is 18.5. The first kappa shape index (κ1) is 23.4. The summed E-state index contributed by atoms with van der Waals surface area (Å²) in [7, 11) is 2.70. The first-order valence-electron chi connectivity index (χ1n) is 10.9. The molecule has 0 saturated heterocycles. The van der Waals surface area contributed by atoms with Gasteiger partial charge in [0.25, 0.3) is 0 Å². The summed E-state index contributed by atoms with van der Waals surface area (Å²) in [6.45, 7) is 6.57. The topological polar surface area (TPSA) is 105 Å². The number of ether oxygens (including phenoxy) is 3. The Morgan fingerprint density at radius 3 is 2.27 bits per heavy atom. The third kappa shape index (κ3) is 4.23. The minimum atomic E-state index is -1.43. The molecule has 0 aromatic carbocycles. The first-order chi connectivity index (χ1) is 14.2. The highest BCUT2D eigenvalue weighted by Crippen LogP contribution is 2.46. The Bertz CT molecular complexity index is 685. The molecule has 0 radical (unpaired) electrons. The molecule has 3 rings (SSSR count). The Morgan fingerprint density at radius 1 is 1.03 bits per heavy atom. The maximum atomic E-state index is 13.2. The summed E-state index contributed by atoms with van der Waals surface area (Å²) in [5.74, 6) is 0.824. The van der Waals surface area contributed by atoms with Gasteiger partial charge in [0, 0.05) is 19.8 Å². The minimum absolute atomic E-state index is 0.0747. The van der Waals surface area contributed by atoms with E-state index < -0.39 is 42.6 Å². The number of methoxy groups -OCH3 is 2. The van der Waals surface area contributed by atoms with E-state index in [0.717, 1.165) is 19.3 Å². The van der Waals surface area contributed by atoms with Crippen molar-refractivity contribution in [2.75, 3.05) is 14.2 Å². The highest BCUT2D eigenvalue weighted by Gasteiger charge is 2.52. The molecule has 3 N–H and O–H groups in total. The van der Waals surface area contributed by atoms with E-state index in [4.69, 9.17) is 14.2 Å². The molecule has 0 bridgehead atoms. The van der Waals surface area contributed by atoms with Gasteiger partial charge >= 0.3 is 5.97 Å². The fraction of sp³-hybridized carbons (Fsp3) is 0.783. The second-order valence-electron chi connectivity index (χ2n) is 9.28. The van der Waals surface area contributed by atoms with E-state index in [1.165, 1.54) is 19.8 Å². The highest BCUT2D eigenvalue weighted by atomic mass is 16.6. The van der Waals surface area contributed by atoms with Gasteiger partial charge in [-0.15, -0.1) is 0 Å². The van der Waals surface area contributed by atoms with Crippen molar-refractivity contribution in [2.45, 2.75) is 76.7 Å². The van der Waals surface area contributed by atoms with Gasteiger partial charge in [-0.05, 0) is 49.9 Å². The van der Waals surface area contributed by atoms with Crippen LogP contribution in [0.25, 0.3) is 0 Å². The molecule has 0 spiro atoms. The van der Waals surface area contributed by atoms with E-state index in [2.05, 4.69) is 26.8 Å². The molecule has 3 aliphatic rings. The lowest BCUT2D eigenvalue weighted by Gasteiger charge is -2.45. The molecule has 0 aliphatic heterocycles. The molecule has 0 aromatic rings. The zero-order valence-corrected chi connectivity index (χ0v) is 18.5. The average Bonchev–Trinajstić information content (AvgIpc) is 2.71. The van der Waals surface area contributed by atoms with Gasteiger partial charge < -0.3 is 29.5 Å². The summed E-state index contributed by atoms with van der Waals surface area (Å²) < 4.78 is 16.1. The van der Waals surface area contributed by atoms with Crippen molar-refractivity contribution in [2.24, 2.45) is 23.7 Å². The first-order valence-corrected chi connectivity index (χ1v) is 10.9. The molecular weight excluding hydrogens is 388 g/mol. The third-order valence-electron chi connectivity index (χ3n) is 7.19. The van der Waals surface area contributed by atoms with Crippen molar-refractivity contribution in [1.82, 2.24) is 0 Å². The summed E-state index contributed by atoms with van der Waals surface area (Å²) in [6.07, 6.45) is -0.385. The van der Waals surface area contributed by atoms with Crippen LogP contribution in [0.3, 0.4) is 0 Å². The van der Waals surface area contributed by atoms with Crippen LogP contribution in [-0.4, -0.2) is 72.1 Å². The van der Waals surface area contributed by atoms with Gasteiger partial charge in [0.05, 0.1) is 0 Å². The number of carbonyl (C=O) groups excluding carboxylic acids is 1.